The molecular weight excluding hydrogens is 234 g/mol. The average molecular weight is 251 g/mol. The van der Waals surface area contributed by atoms with Gasteiger partial charge in [-0.2, -0.15) is 0 Å². The van der Waals surface area contributed by atoms with Crippen molar-refractivity contribution in [3.05, 3.63) is 35.4 Å². The van der Waals surface area contributed by atoms with E-state index in [2.05, 4.69) is 5.32 Å². The number of aliphatic hydroxyl groups excluding tert-OH is 1. The van der Waals surface area contributed by atoms with E-state index in [0.717, 1.165) is 0 Å². The molecule has 1 atom stereocenters. The molecule has 0 saturated carbocycles. The van der Waals surface area contributed by atoms with Crippen LogP contribution in [-0.4, -0.2) is 34.7 Å². The number of aliphatic hydroxyl groups is 1. The van der Waals surface area contributed by atoms with Crippen LogP contribution in [0.4, 0.5) is 0 Å². The second kappa shape index (κ2) is 6.76. The molecule has 1 rings (SSSR count). The number of carbonyl (C=O) groups excluding carboxylic acids is 1. The minimum Gasteiger partial charge on any atom is -0.478 e. The number of nitrogens with one attached hydrogen (secondary N) is 1. The molecule has 5 nitrogen and oxygen atoms in total. The molecule has 3 N–H and O–H groups in total. The van der Waals surface area contributed by atoms with E-state index in [1.807, 2.05) is 6.92 Å². The fourth-order valence-electron chi connectivity index (χ4n) is 1.66. The first-order valence-electron chi connectivity index (χ1n) is 5.84. The Bertz CT molecular complexity index is 431. The number of amides is 1. The third kappa shape index (κ3) is 3.56. The highest BCUT2D eigenvalue weighted by Crippen LogP contribution is 2.09. The van der Waals surface area contributed by atoms with Crippen LogP contribution in [0.3, 0.4) is 0 Å². The number of benzene rings is 1. The Labute approximate surface area is 105 Å². The largest absolute Gasteiger partial charge is 0.478 e. The lowest BCUT2D eigenvalue weighted by atomic mass is 10.1. The summed E-state index contributed by atoms with van der Waals surface area (Å²) in [5.41, 5.74) is 0.121. The van der Waals surface area contributed by atoms with Gasteiger partial charge in [-0.25, -0.2) is 4.79 Å². The van der Waals surface area contributed by atoms with Crippen LogP contribution in [-0.2, 0) is 0 Å². The van der Waals surface area contributed by atoms with Crippen LogP contribution >= 0.6 is 0 Å². The van der Waals surface area contributed by atoms with Crippen LogP contribution in [0.1, 0.15) is 40.5 Å². The normalized spacial score (nSPS) is 11.9. The second-order valence-corrected chi connectivity index (χ2v) is 3.94. The summed E-state index contributed by atoms with van der Waals surface area (Å²) in [4.78, 5) is 22.9. The lowest BCUT2D eigenvalue weighted by Crippen LogP contribution is -2.35. The molecule has 18 heavy (non-hydrogen) atoms. The number of rotatable bonds is 6. The molecule has 0 fully saturated rings. The molecule has 0 radical (unpaired) electrons. The van der Waals surface area contributed by atoms with Gasteiger partial charge in [0.2, 0.25) is 0 Å². The van der Waals surface area contributed by atoms with Crippen molar-refractivity contribution in [2.75, 3.05) is 6.61 Å². The highest BCUT2D eigenvalue weighted by molar-refractivity contribution is 6.04. The Balaban J connectivity index is 2.87. The van der Waals surface area contributed by atoms with E-state index >= 15 is 0 Å². The van der Waals surface area contributed by atoms with Crippen LogP contribution in [0.25, 0.3) is 0 Å². The zero-order valence-electron chi connectivity index (χ0n) is 10.2. The first kappa shape index (κ1) is 14.2. The van der Waals surface area contributed by atoms with Crippen LogP contribution in [0.5, 0.6) is 0 Å². The van der Waals surface area contributed by atoms with Gasteiger partial charge in [-0.1, -0.05) is 19.1 Å². The lowest BCUT2D eigenvalue weighted by molar-refractivity contribution is 0.0690. The predicted molar refractivity (Wildman–Crippen MR) is 66.6 cm³/mol. The molecule has 1 aromatic carbocycles. The molecule has 5 heteroatoms. The Morgan fingerprint density at radius 3 is 2.39 bits per heavy atom. The fraction of sp³-hybridized carbons (Fsp3) is 0.385. The van der Waals surface area contributed by atoms with Gasteiger partial charge in [-0.05, 0) is 25.0 Å². The zero-order chi connectivity index (χ0) is 13.5. The summed E-state index contributed by atoms with van der Waals surface area (Å²) in [6, 6.07) is 5.92. The molecular formula is C13H17NO4. The van der Waals surface area contributed by atoms with Crippen LogP contribution < -0.4 is 5.32 Å². The average Bonchev–Trinajstić information content (AvgIpc) is 2.38. The molecule has 98 valence electrons. The quantitative estimate of drug-likeness (QED) is 0.710. The first-order chi connectivity index (χ1) is 8.60. The SMILES string of the molecule is CCC(CCO)NC(=O)c1ccccc1C(=O)O. The highest BCUT2D eigenvalue weighted by Gasteiger charge is 2.17. The van der Waals surface area contributed by atoms with E-state index in [1.54, 1.807) is 12.1 Å². The third-order valence-corrected chi connectivity index (χ3v) is 2.71. The minimum atomic E-state index is -1.13. The fourth-order valence-corrected chi connectivity index (χ4v) is 1.66. The molecule has 0 aliphatic rings. The Hall–Kier alpha value is -1.88. The Morgan fingerprint density at radius 2 is 1.89 bits per heavy atom. The Morgan fingerprint density at radius 1 is 1.28 bits per heavy atom. The monoisotopic (exact) mass is 251 g/mol. The molecule has 0 aliphatic carbocycles. The smallest absolute Gasteiger partial charge is 0.336 e. The second-order valence-electron chi connectivity index (χ2n) is 3.94. The van der Waals surface area contributed by atoms with Gasteiger partial charge in [-0.15, -0.1) is 0 Å². The van der Waals surface area contributed by atoms with Gasteiger partial charge in [-0.3, -0.25) is 4.79 Å². The van der Waals surface area contributed by atoms with Crippen LogP contribution in [0.15, 0.2) is 24.3 Å². The maximum Gasteiger partial charge on any atom is 0.336 e. The van der Waals surface area contributed by atoms with Crippen LogP contribution in [0, 0.1) is 0 Å². The van der Waals surface area contributed by atoms with Gasteiger partial charge in [0.05, 0.1) is 11.1 Å². The highest BCUT2D eigenvalue weighted by atomic mass is 16.4. The van der Waals surface area contributed by atoms with Crippen molar-refractivity contribution >= 4 is 11.9 Å². The molecule has 1 aromatic rings. The van der Waals surface area contributed by atoms with E-state index < -0.39 is 11.9 Å². The summed E-state index contributed by atoms with van der Waals surface area (Å²) in [5, 5.41) is 20.6. The molecule has 0 bridgehead atoms. The van der Waals surface area contributed by atoms with E-state index in [-0.39, 0.29) is 23.8 Å². The predicted octanol–water partition coefficient (Wildman–Crippen LogP) is 1.28. The molecule has 0 heterocycles. The molecule has 0 aliphatic heterocycles. The number of hydrogen-bond acceptors (Lipinski definition) is 3. The molecule has 1 amide bonds. The maximum absolute atomic E-state index is 12.0. The summed E-state index contributed by atoms with van der Waals surface area (Å²) in [6.07, 6.45) is 1.14. The summed E-state index contributed by atoms with van der Waals surface area (Å²) in [6.45, 7) is 1.88. The van der Waals surface area contributed by atoms with Crippen molar-refractivity contribution in [1.82, 2.24) is 5.32 Å². The number of carbonyl (C=O) groups is 2. The summed E-state index contributed by atoms with van der Waals surface area (Å²) in [7, 11) is 0. The van der Waals surface area contributed by atoms with Crippen molar-refractivity contribution in [3.8, 4) is 0 Å². The Kier molecular flexibility index (Phi) is 5.32. The summed E-state index contributed by atoms with van der Waals surface area (Å²) >= 11 is 0. The van der Waals surface area contributed by atoms with E-state index in [1.165, 1.54) is 12.1 Å². The standard InChI is InChI=1S/C13H17NO4/c1-2-9(7-8-15)14-12(16)10-5-3-4-6-11(10)13(17)18/h3-6,9,15H,2,7-8H2,1H3,(H,14,16)(H,17,18). The lowest BCUT2D eigenvalue weighted by Gasteiger charge is -2.16. The molecule has 0 saturated heterocycles. The van der Waals surface area contributed by atoms with Gasteiger partial charge in [0.1, 0.15) is 0 Å². The number of aromatic carboxylic acids is 1. The van der Waals surface area contributed by atoms with E-state index in [0.29, 0.717) is 12.8 Å². The summed E-state index contributed by atoms with van der Waals surface area (Å²) < 4.78 is 0. The van der Waals surface area contributed by atoms with Crippen molar-refractivity contribution in [2.45, 2.75) is 25.8 Å². The molecule has 1 unspecified atom stereocenters. The number of carboxylic acid groups (broad SMARTS) is 1. The summed E-state index contributed by atoms with van der Waals surface area (Å²) in [5.74, 6) is -1.55. The van der Waals surface area contributed by atoms with Gasteiger partial charge in [0.25, 0.3) is 5.91 Å². The minimum absolute atomic E-state index is 0.0145. The molecule has 0 aromatic heterocycles. The number of carboxylic acids is 1. The first-order valence-corrected chi connectivity index (χ1v) is 5.84. The third-order valence-electron chi connectivity index (χ3n) is 2.71. The van der Waals surface area contributed by atoms with Gasteiger partial charge in [0, 0.05) is 12.6 Å². The van der Waals surface area contributed by atoms with Crippen molar-refractivity contribution < 1.29 is 19.8 Å². The zero-order valence-corrected chi connectivity index (χ0v) is 10.2. The van der Waals surface area contributed by atoms with Gasteiger partial charge in [0.15, 0.2) is 0 Å². The topological polar surface area (TPSA) is 86.6 Å². The van der Waals surface area contributed by atoms with E-state index in [9.17, 15) is 9.59 Å². The molecule has 0 spiro atoms. The van der Waals surface area contributed by atoms with E-state index in [4.69, 9.17) is 10.2 Å². The van der Waals surface area contributed by atoms with Crippen LogP contribution in [0.2, 0.25) is 0 Å². The van der Waals surface area contributed by atoms with Gasteiger partial charge < -0.3 is 15.5 Å². The number of hydrogen-bond donors (Lipinski definition) is 3. The van der Waals surface area contributed by atoms with Crippen molar-refractivity contribution in [2.24, 2.45) is 0 Å². The van der Waals surface area contributed by atoms with Gasteiger partial charge >= 0.3 is 5.97 Å². The maximum atomic E-state index is 12.0. The van der Waals surface area contributed by atoms with Crippen molar-refractivity contribution in [3.63, 3.8) is 0 Å². The van der Waals surface area contributed by atoms with Crippen molar-refractivity contribution in [1.29, 1.82) is 0 Å².